The Bertz CT molecular complexity index is 377. The molecule has 2 nitrogen and oxygen atoms in total. The summed E-state index contributed by atoms with van der Waals surface area (Å²) in [7, 11) is 0. The highest BCUT2D eigenvalue weighted by molar-refractivity contribution is 5.31. The van der Waals surface area contributed by atoms with Gasteiger partial charge in [-0.05, 0) is 61.4 Å². The molecular weight excluding hydrogens is 234 g/mol. The molecule has 2 heteroatoms. The summed E-state index contributed by atoms with van der Waals surface area (Å²) in [5.74, 6) is 1.72. The number of benzene rings is 1. The van der Waals surface area contributed by atoms with Gasteiger partial charge >= 0.3 is 0 Å². The first-order valence-electron chi connectivity index (χ1n) is 7.56. The van der Waals surface area contributed by atoms with E-state index in [2.05, 4.69) is 50.4 Å². The van der Waals surface area contributed by atoms with Crippen molar-refractivity contribution in [1.29, 1.82) is 0 Å². The molecule has 19 heavy (non-hydrogen) atoms. The van der Waals surface area contributed by atoms with E-state index < -0.39 is 0 Å². The molecule has 0 aliphatic carbocycles. The summed E-state index contributed by atoms with van der Waals surface area (Å²) in [6, 6.07) is 8.66. The third kappa shape index (κ3) is 3.97. The molecule has 0 bridgehead atoms. The third-order valence-corrected chi connectivity index (χ3v) is 4.46. The second kappa shape index (κ2) is 6.42. The zero-order valence-corrected chi connectivity index (χ0v) is 12.5. The average molecular weight is 261 g/mol. The lowest BCUT2D eigenvalue weighted by Crippen LogP contribution is -2.30. The molecule has 0 radical (unpaired) electrons. The highest BCUT2D eigenvalue weighted by Crippen LogP contribution is 2.28. The normalized spacial score (nSPS) is 17.4. The molecule has 0 unspecified atom stereocenters. The van der Waals surface area contributed by atoms with Gasteiger partial charge in [0.05, 0.1) is 6.61 Å². The Morgan fingerprint density at radius 2 is 1.79 bits per heavy atom. The number of hydrogen-bond donors (Lipinski definition) is 1. The number of rotatable bonds is 5. The molecule has 1 saturated heterocycles. The van der Waals surface area contributed by atoms with Crippen molar-refractivity contribution in [2.75, 3.05) is 19.7 Å². The number of hydrogen-bond acceptors (Lipinski definition) is 2. The fraction of sp³-hybridized carbons (Fsp3) is 0.647. The lowest BCUT2D eigenvalue weighted by Gasteiger charge is -2.24. The smallest absolute Gasteiger partial charge is 0.119 e. The quantitative estimate of drug-likeness (QED) is 0.871. The molecule has 0 amide bonds. The summed E-state index contributed by atoms with van der Waals surface area (Å²) >= 11 is 0. The fourth-order valence-corrected chi connectivity index (χ4v) is 2.47. The summed E-state index contributed by atoms with van der Waals surface area (Å²) in [5, 5.41) is 3.39. The Balaban J connectivity index is 1.88. The van der Waals surface area contributed by atoms with Gasteiger partial charge in [0.25, 0.3) is 0 Å². The van der Waals surface area contributed by atoms with Crippen molar-refractivity contribution in [3.05, 3.63) is 29.8 Å². The van der Waals surface area contributed by atoms with Crippen LogP contribution in [0.4, 0.5) is 0 Å². The molecule has 0 saturated carbocycles. The SMILES string of the molecule is CCC(C)(C)c1ccc(OCC2CCNCC2)cc1. The van der Waals surface area contributed by atoms with Crippen molar-refractivity contribution in [1.82, 2.24) is 5.32 Å². The van der Waals surface area contributed by atoms with Gasteiger partial charge in [-0.15, -0.1) is 0 Å². The summed E-state index contributed by atoms with van der Waals surface area (Å²) in [6.07, 6.45) is 3.63. The molecule has 1 aromatic carbocycles. The monoisotopic (exact) mass is 261 g/mol. The van der Waals surface area contributed by atoms with Crippen molar-refractivity contribution in [3.63, 3.8) is 0 Å². The predicted octanol–water partition coefficient (Wildman–Crippen LogP) is 3.75. The van der Waals surface area contributed by atoms with Crippen LogP contribution in [-0.2, 0) is 5.41 Å². The Hall–Kier alpha value is -1.02. The topological polar surface area (TPSA) is 21.3 Å². The first kappa shape index (κ1) is 14.4. The van der Waals surface area contributed by atoms with E-state index in [-0.39, 0.29) is 5.41 Å². The summed E-state index contributed by atoms with van der Waals surface area (Å²) in [4.78, 5) is 0. The van der Waals surface area contributed by atoms with Gasteiger partial charge in [-0.2, -0.15) is 0 Å². The van der Waals surface area contributed by atoms with Crippen LogP contribution in [-0.4, -0.2) is 19.7 Å². The van der Waals surface area contributed by atoms with Gasteiger partial charge in [0.1, 0.15) is 5.75 Å². The molecule has 1 fully saturated rings. The molecule has 0 atom stereocenters. The fourth-order valence-electron chi connectivity index (χ4n) is 2.47. The van der Waals surface area contributed by atoms with E-state index in [0.29, 0.717) is 5.92 Å². The van der Waals surface area contributed by atoms with E-state index in [1.807, 2.05) is 0 Å². The zero-order chi connectivity index (χ0) is 13.7. The number of piperidine rings is 1. The van der Waals surface area contributed by atoms with Crippen LogP contribution in [0, 0.1) is 5.92 Å². The number of nitrogens with one attached hydrogen (secondary N) is 1. The molecule has 0 spiro atoms. The second-order valence-electron chi connectivity index (χ2n) is 6.27. The van der Waals surface area contributed by atoms with Gasteiger partial charge in [-0.1, -0.05) is 32.9 Å². The molecule has 1 heterocycles. The second-order valence-corrected chi connectivity index (χ2v) is 6.27. The molecule has 1 N–H and O–H groups in total. The van der Waals surface area contributed by atoms with Crippen LogP contribution in [0.2, 0.25) is 0 Å². The molecule has 2 rings (SSSR count). The molecule has 1 aliphatic rings. The van der Waals surface area contributed by atoms with Crippen molar-refractivity contribution >= 4 is 0 Å². The van der Waals surface area contributed by atoms with Crippen LogP contribution < -0.4 is 10.1 Å². The van der Waals surface area contributed by atoms with Crippen molar-refractivity contribution in [2.24, 2.45) is 5.92 Å². The van der Waals surface area contributed by atoms with Crippen LogP contribution in [0.3, 0.4) is 0 Å². The van der Waals surface area contributed by atoms with Gasteiger partial charge in [0.2, 0.25) is 0 Å². The maximum atomic E-state index is 5.92. The molecule has 106 valence electrons. The standard InChI is InChI=1S/C17H27NO/c1-4-17(2,3)15-5-7-16(8-6-15)19-13-14-9-11-18-12-10-14/h5-8,14,18H,4,9-13H2,1-3H3. The summed E-state index contributed by atoms with van der Waals surface area (Å²) in [5.41, 5.74) is 1.65. The van der Waals surface area contributed by atoms with Gasteiger partial charge in [-0.25, -0.2) is 0 Å². The first-order chi connectivity index (χ1) is 9.12. The minimum Gasteiger partial charge on any atom is -0.493 e. The predicted molar refractivity (Wildman–Crippen MR) is 80.8 cm³/mol. The van der Waals surface area contributed by atoms with Crippen LogP contribution in [0.5, 0.6) is 5.75 Å². The van der Waals surface area contributed by atoms with Crippen molar-refractivity contribution < 1.29 is 4.74 Å². The highest BCUT2D eigenvalue weighted by Gasteiger charge is 2.18. The number of ether oxygens (including phenoxy) is 1. The van der Waals surface area contributed by atoms with Gasteiger partial charge in [0.15, 0.2) is 0 Å². The Labute approximate surface area is 117 Å². The van der Waals surface area contributed by atoms with E-state index in [0.717, 1.165) is 31.9 Å². The molecule has 1 aliphatic heterocycles. The van der Waals surface area contributed by atoms with Crippen molar-refractivity contribution in [3.8, 4) is 5.75 Å². The Morgan fingerprint density at radius 1 is 1.16 bits per heavy atom. The van der Waals surface area contributed by atoms with E-state index in [1.54, 1.807) is 0 Å². The maximum Gasteiger partial charge on any atom is 0.119 e. The van der Waals surface area contributed by atoms with Crippen LogP contribution in [0.25, 0.3) is 0 Å². The average Bonchev–Trinajstić information content (AvgIpc) is 2.47. The highest BCUT2D eigenvalue weighted by atomic mass is 16.5. The lowest BCUT2D eigenvalue weighted by atomic mass is 9.82. The summed E-state index contributed by atoms with van der Waals surface area (Å²) < 4.78 is 5.92. The minimum atomic E-state index is 0.258. The Kier molecular flexibility index (Phi) is 4.87. The van der Waals surface area contributed by atoms with Crippen molar-refractivity contribution in [2.45, 2.75) is 45.4 Å². The zero-order valence-electron chi connectivity index (χ0n) is 12.5. The van der Waals surface area contributed by atoms with Gasteiger partial charge in [0, 0.05) is 0 Å². The van der Waals surface area contributed by atoms with E-state index in [4.69, 9.17) is 4.74 Å². The largest absolute Gasteiger partial charge is 0.493 e. The maximum absolute atomic E-state index is 5.92. The molecule has 0 aromatic heterocycles. The third-order valence-electron chi connectivity index (χ3n) is 4.46. The van der Waals surface area contributed by atoms with Gasteiger partial charge in [-0.3, -0.25) is 0 Å². The first-order valence-corrected chi connectivity index (χ1v) is 7.56. The Morgan fingerprint density at radius 3 is 2.37 bits per heavy atom. The lowest BCUT2D eigenvalue weighted by molar-refractivity contribution is 0.215. The van der Waals surface area contributed by atoms with E-state index in [1.165, 1.54) is 18.4 Å². The minimum absolute atomic E-state index is 0.258. The summed E-state index contributed by atoms with van der Waals surface area (Å²) in [6.45, 7) is 9.95. The van der Waals surface area contributed by atoms with Gasteiger partial charge < -0.3 is 10.1 Å². The van der Waals surface area contributed by atoms with Crippen LogP contribution >= 0.6 is 0 Å². The van der Waals surface area contributed by atoms with Crippen LogP contribution in [0.1, 0.15) is 45.6 Å². The molecular formula is C17H27NO. The van der Waals surface area contributed by atoms with Crippen LogP contribution in [0.15, 0.2) is 24.3 Å². The van der Waals surface area contributed by atoms with E-state index >= 15 is 0 Å². The molecule has 1 aromatic rings. The van der Waals surface area contributed by atoms with E-state index in [9.17, 15) is 0 Å².